The van der Waals surface area contributed by atoms with Gasteiger partial charge in [0.1, 0.15) is 0 Å². The molecule has 3 nitrogen and oxygen atoms in total. The first-order valence-corrected chi connectivity index (χ1v) is 9.13. The molecular formula is C18H36NO2-. The Bertz CT molecular complexity index is 231. The Labute approximate surface area is 131 Å². The van der Waals surface area contributed by atoms with Crippen LogP contribution in [0.4, 0.5) is 0 Å². The zero-order valence-electron chi connectivity index (χ0n) is 14.1. The van der Waals surface area contributed by atoms with Crippen molar-refractivity contribution in [3.05, 3.63) is 0 Å². The fourth-order valence-electron chi connectivity index (χ4n) is 2.79. The van der Waals surface area contributed by atoms with E-state index < -0.39 is 5.97 Å². The van der Waals surface area contributed by atoms with E-state index in [1.165, 1.54) is 44.9 Å². The first-order chi connectivity index (χ1) is 10.2. The van der Waals surface area contributed by atoms with Gasteiger partial charge in [-0.15, -0.1) is 0 Å². The number of hydrogen-bond donors (Lipinski definition) is 1. The quantitative estimate of drug-likeness (QED) is 0.441. The summed E-state index contributed by atoms with van der Waals surface area (Å²) in [6.45, 7) is 2.97. The van der Waals surface area contributed by atoms with Crippen LogP contribution in [0.5, 0.6) is 0 Å². The van der Waals surface area contributed by atoms with Crippen LogP contribution < -0.4 is 10.8 Å². The van der Waals surface area contributed by atoms with Crippen molar-refractivity contribution in [1.29, 1.82) is 0 Å². The van der Waals surface area contributed by atoms with Crippen LogP contribution in [0.2, 0.25) is 0 Å². The maximum Gasteiger partial charge on any atom is 0.0445 e. The second kappa shape index (κ2) is 15.8. The fraction of sp³-hybridized carbons (Fsp3) is 0.944. The van der Waals surface area contributed by atoms with Crippen LogP contribution >= 0.6 is 0 Å². The molecule has 3 heteroatoms. The van der Waals surface area contributed by atoms with E-state index in [2.05, 4.69) is 6.92 Å². The first kappa shape index (κ1) is 20.4. The molecule has 0 rings (SSSR count). The van der Waals surface area contributed by atoms with E-state index in [0.717, 1.165) is 51.5 Å². The summed E-state index contributed by atoms with van der Waals surface area (Å²) in [5, 5.41) is 11.1. The summed E-state index contributed by atoms with van der Waals surface area (Å²) in [5.74, 6) is -1.08. The molecule has 0 bridgehead atoms. The molecule has 0 saturated heterocycles. The third kappa shape index (κ3) is 14.1. The third-order valence-corrected chi connectivity index (χ3v) is 4.25. The molecule has 0 aliphatic heterocycles. The average Bonchev–Trinajstić information content (AvgIpc) is 2.47. The van der Waals surface area contributed by atoms with Gasteiger partial charge in [0, 0.05) is 5.97 Å². The van der Waals surface area contributed by atoms with Gasteiger partial charge in [-0.25, -0.2) is 0 Å². The molecule has 0 amide bonds. The van der Waals surface area contributed by atoms with Crippen molar-refractivity contribution < 1.29 is 9.90 Å². The van der Waals surface area contributed by atoms with Crippen molar-refractivity contribution in [3.63, 3.8) is 0 Å². The molecule has 1 unspecified atom stereocenters. The van der Waals surface area contributed by atoms with E-state index in [1.807, 2.05) is 0 Å². The van der Waals surface area contributed by atoms with E-state index in [-0.39, 0.29) is 5.92 Å². The van der Waals surface area contributed by atoms with Gasteiger partial charge in [-0.1, -0.05) is 77.6 Å². The summed E-state index contributed by atoms with van der Waals surface area (Å²) in [5.41, 5.74) is 5.45. The van der Waals surface area contributed by atoms with E-state index in [9.17, 15) is 9.90 Å². The second-order valence-electron chi connectivity index (χ2n) is 6.27. The van der Waals surface area contributed by atoms with E-state index in [1.54, 1.807) is 0 Å². The minimum Gasteiger partial charge on any atom is -0.550 e. The Balaban J connectivity index is 3.50. The zero-order valence-corrected chi connectivity index (χ0v) is 14.1. The smallest absolute Gasteiger partial charge is 0.0445 e. The molecule has 2 N–H and O–H groups in total. The molecular weight excluding hydrogens is 262 g/mol. The Kier molecular flexibility index (Phi) is 15.4. The predicted octanol–water partition coefficient (Wildman–Crippen LogP) is 3.79. The molecule has 0 aromatic rings. The van der Waals surface area contributed by atoms with Crippen LogP contribution in [0, 0.1) is 5.92 Å². The lowest BCUT2D eigenvalue weighted by Crippen LogP contribution is -2.31. The lowest BCUT2D eigenvalue weighted by molar-refractivity contribution is -0.312. The number of aliphatic carboxylic acids is 1. The largest absolute Gasteiger partial charge is 0.550 e. The van der Waals surface area contributed by atoms with Crippen molar-refractivity contribution in [2.45, 2.75) is 96.8 Å². The maximum atomic E-state index is 11.1. The Morgan fingerprint density at radius 3 is 1.67 bits per heavy atom. The number of carboxylic acids is 1. The standard InChI is InChI=1S/C18H37NO2/c1-2-3-4-5-6-7-8-11-14-17(18(20)21)15-12-9-10-13-16-19/h17H,2-16,19H2,1H3,(H,20,21)/p-1. The Hall–Kier alpha value is -0.570. The van der Waals surface area contributed by atoms with Gasteiger partial charge in [0.05, 0.1) is 0 Å². The molecule has 0 saturated carbocycles. The molecule has 0 fully saturated rings. The molecule has 1 atom stereocenters. The average molecular weight is 298 g/mol. The van der Waals surface area contributed by atoms with Gasteiger partial charge in [-0.05, 0) is 31.7 Å². The van der Waals surface area contributed by atoms with Crippen molar-refractivity contribution in [1.82, 2.24) is 0 Å². The fourth-order valence-corrected chi connectivity index (χ4v) is 2.79. The van der Waals surface area contributed by atoms with Crippen LogP contribution in [0.3, 0.4) is 0 Å². The molecule has 0 aromatic heterocycles. The minimum atomic E-state index is -0.850. The van der Waals surface area contributed by atoms with E-state index >= 15 is 0 Å². The number of nitrogens with two attached hydrogens (primary N) is 1. The van der Waals surface area contributed by atoms with Crippen molar-refractivity contribution in [2.24, 2.45) is 11.7 Å². The second-order valence-corrected chi connectivity index (χ2v) is 6.27. The number of unbranched alkanes of at least 4 members (excludes halogenated alkanes) is 10. The topological polar surface area (TPSA) is 66.2 Å². The molecule has 126 valence electrons. The molecule has 0 aromatic carbocycles. The summed E-state index contributed by atoms with van der Waals surface area (Å²) < 4.78 is 0. The number of carbonyl (C=O) groups excluding carboxylic acids is 1. The highest BCUT2D eigenvalue weighted by atomic mass is 16.4. The lowest BCUT2D eigenvalue weighted by Gasteiger charge is -2.17. The van der Waals surface area contributed by atoms with Crippen molar-refractivity contribution in [3.8, 4) is 0 Å². The van der Waals surface area contributed by atoms with Gasteiger partial charge in [-0.3, -0.25) is 0 Å². The van der Waals surface area contributed by atoms with Crippen LogP contribution in [-0.2, 0) is 4.79 Å². The van der Waals surface area contributed by atoms with Crippen LogP contribution in [-0.4, -0.2) is 12.5 Å². The molecule has 0 spiro atoms. The Morgan fingerprint density at radius 2 is 1.24 bits per heavy atom. The zero-order chi connectivity index (χ0) is 15.8. The summed E-state index contributed by atoms with van der Waals surface area (Å²) in [6, 6.07) is 0. The van der Waals surface area contributed by atoms with E-state index in [4.69, 9.17) is 5.73 Å². The van der Waals surface area contributed by atoms with Crippen LogP contribution in [0.25, 0.3) is 0 Å². The summed E-state index contributed by atoms with van der Waals surface area (Å²) >= 11 is 0. The highest BCUT2D eigenvalue weighted by Gasteiger charge is 2.09. The Morgan fingerprint density at radius 1 is 0.810 bits per heavy atom. The number of carboxylic acid groups (broad SMARTS) is 1. The lowest BCUT2D eigenvalue weighted by atomic mass is 9.94. The highest BCUT2D eigenvalue weighted by molar-refractivity contribution is 5.67. The summed E-state index contributed by atoms with van der Waals surface area (Å²) in [6.07, 6.45) is 15.9. The molecule has 0 radical (unpaired) electrons. The highest BCUT2D eigenvalue weighted by Crippen LogP contribution is 2.18. The predicted molar refractivity (Wildman–Crippen MR) is 87.9 cm³/mol. The number of hydrogen-bond acceptors (Lipinski definition) is 3. The van der Waals surface area contributed by atoms with E-state index in [0.29, 0.717) is 0 Å². The summed E-state index contributed by atoms with van der Waals surface area (Å²) in [4.78, 5) is 11.1. The molecule has 0 aliphatic rings. The van der Waals surface area contributed by atoms with Crippen LogP contribution in [0.1, 0.15) is 96.8 Å². The van der Waals surface area contributed by atoms with Gasteiger partial charge >= 0.3 is 0 Å². The monoisotopic (exact) mass is 298 g/mol. The van der Waals surface area contributed by atoms with Gasteiger partial charge in [0.25, 0.3) is 0 Å². The number of carbonyl (C=O) groups is 1. The minimum absolute atomic E-state index is 0.233. The summed E-state index contributed by atoms with van der Waals surface area (Å²) in [7, 11) is 0. The molecule has 21 heavy (non-hydrogen) atoms. The van der Waals surface area contributed by atoms with Crippen molar-refractivity contribution in [2.75, 3.05) is 6.54 Å². The molecule has 0 heterocycles. The van der Waals surface area contributed by atoms with Gasteiger partial charge < -0.3 is 15.6 Å². The van der Waals surface area contributed by atoms with Crippen LogP contribution in [0.15, 0.2) is 0 Å². The van der Waals surface area contributed by atoms with Crippen molar-refractivity contribution >= 4 is 5.97 Å². The van der Waals surface area contributed by atoms with Gasteiger partial charge in [0.2, 0.25) is 0 Å². The molecule has 0 aliphatic carbocycles. The maximum absolute atomic E-state index is 11.1. The first-order valence-electron chi connectivity index (χ1n) is 9.13. The SMILES string of the molecule is CCCCCCCCCCC(CCCCCCN)C(=O)[O-]. The normalized spacial score (nSPS) is 12.5. The van der Waals surface area contributed by atoms with Gasteiger partial charge in [-0.2, -0.15) is 0 Å². The number of rotatable bonds is 16. The third-order valence-electron chi connectivity index (χ3n) is 4.25. The van der Waals surface area contributed by atoms with Gasteiger partial charge in [0.15, 0.2) is 0 Å².